The highest BCUT2D eigenvalue weighted by atomic mass is 32.2. The van der Waals surface area contributed by atoms with Crippen molar-refractivity contribution in [2.24, 2.45) is 5.92 Å². The normalized spacial score (nSPS) is 16.1. The van der Waals surface area contributed by atoms with Crippen molar-refractivity contribution < 1.29 is 17.6 Å². The predicted molar refractivity (Wildman–Crippen MR) is 114 cm³/mol. The van der Waals surface area contributed by atoms with Gasteiger partial charge in [0.05, 0.1) is 10.4 Å². The average Bonchev–Trinajstić information content (AvgIpc) is 3.14. The molecule has 0 aliphatic carbocycles. The third-order valence-corrected chi connectivity index (χ3v) is 7.33. The van der Waals surface area contributed by atoms with Gasteiger partial charge in [-0.3, -0.25) is 4.79 Å². The number of fused-ring (bicyclic) bond motifs is 1. The van der Waals surface area contributed by atoms with Crippen LogP contribution in [0.3, 0.4) is 0 Å². The van der Waals surface area contributed by atoms with Crippen LogP contribution in [0.15, 0.2) is 59.6 Å². The SMILES string of the molecule is CN1CCC(CC(=O)Nc2ccc(S(=O)(=O)n3ccc4cc(F)ccc43)cc2)CC1. The van der Waals surface area contributed by atoms with Gasteiger partial charge in [-0.2, -0.15) is 0 Å². The predicted octanol–water partition coefficient (Wildman–Crippen LogP) is 3.69. The molecule has 0 atom stereocenters. The number of hydrogen-bond donors (Lipinski definition) is 1. The summed E-state index contributed by atoms with van der Waals surface area (Å²) >= 11 is 0. The summed E-state index contributed by atoms with van der Waals surface area (Å²) in [5, 5.41) is 3.36. The molecule has 0 spiro atoms. The number of rotatable bonds is 5. The van der Waals surface area contributed by atoms with Gasteiger partial charge in [0.2, 0.25) is 5.91 Å². The summed E-state index contributed by atoms with van der Waals surface area (Å²) in [7, 11) is -1.75. The van der Waals surface area contributed by atoms with Crippen LogP contribution in [0.2, 0.25) is 0 Å². The van der Waals surface area contributed by atoms with Gasteiger partial charge in [0, 0.05) is 23.7 Å². The van der Waals surface area contributed by atoms with E-state index in [4.69, 9.17) is 0 Å². The van der Waals surface area contributed by atoms with E-state index in [-0.39, 0.29) is 10.8 Å². The Kier molecular flexibility index (Phi) is 5.62. The quantitative estimate of drug-likeness (QED) is 0.672. The first-order valence-electron chi connectivity index (χ1n) is 9.93. The fraction of sp³-hybridized carbons (Fsp3) is 0.318. The number of nitrogens with one attached hydrogen (secondary N) is 1. The monoisotopic (exact) mass is 429 g/mol. The number of carbonyl (C=O) groups excluding carboxylic acids is 1. The Morgan fingerprint density at radius 3 is 2.50 bits per heavy atom. The molecule has 4 rings (SSSR count). The van der Waals surface area contributed by atoms with Crippen LogP contribution >= 0.6 is 0 Å². The van der Waals surface area contributed by atoms with Crippen molar-refractivity contribution in [1.82, 2.24) is 8.87 Å². The average molecular weight is 430 g/mol. The Morgan fingerprint density at radius 1 is 1.10 bits per heavy atom. The minimum atomic E-state index is -3.83. The fourth-order valence-corrected chi connectivity index (χ4v) is 5.22. The lowest BCUT2D eigenvalue weighted by Crippen LogP contribution is -2.31. The number of amides is 1. The van der Waals surface area contributed by atoms with Crippen LogP contribution in [0, 0.1) is 11.7 Å². The van der Waals surface area contributed by atoms with Crippen LogP contribution in [0.1, 0.15) is 19.3 Å². The molecule has 0 bridgehead atoms. The molecule has 1 amide bonds. The molecule has 0 unspecified atom stereocenters. The summed E-state index contributed by atoms with van der Waals surface area (Å²) in [6.45, 7) is 2.01. The Morgan fingerprint density at radius 2 is 1.80 bits per heavy atom. The molecule has 3 aromatic rings. The molecular formula is C22H24FN3O3S. The first-order valence-corrected chi connectivity index (χ1v) is 11.4. The molecule has 2 aromatic carbocycles. The van der Waals surface area contributed by atoms with Crippen molar-refractivity contribution in [1.29, 1.82) is 0 Å². The van der Waals surface area contributed by atoms with Crippen LogP contribution in [0.4, 0.5) is 10.1 Å². The number of likely N-dealkylation sites (tertiary alicyclic amines) is 1. The highest BCUT2D eigenvalue weighted by Crippen LogP contribution is 2.24. The van der Waals surface area contributed by atoms with Crippen LogP contribution in [0.5, 0.6) is 0 Å². The largest absolute Gasteiger partial charge is 0.326 e. The van der Waals surface area contributed by atoms with E-state index in [0.717, 1.165) is 29.9 Å². The highest BCUT2D eigenvalue weighted by Gasteiger charge is 2.21. The van der Waals surface area contributed by atoms with Crippen molar-refractivity contribution in [2.75, 3.05) is 25.5 Å². The molecule has 158 valence electrons. The van der Waals surface area contributed by atoms with Gasteiger partial charge in [0.15, 0.2) is 0 Å². The van der Waals surface area contributed by atoms with Crippen molar-refractivity contribution in [3.8, 4) is 0 Å². The summed E-state index contributed by atoms with van der Waals surface area (Å²) < 4.78 is 40.5. The highest BCUT2D eigenvalue weighted by molar-refractivity contribution is 7.90. The number of piperidine rings is 1. The first kappa shape index (κ1) is 20.6. The first-order chi connectivity index (χ1) is 14.3. The molecule has 2 heterocycles. The second-order valence-corrected chi connectivity index (χ2v) is 9.66. The van der Waals surface area contributed by atoms with Gasteiger partial charge in [0.1, 0.15) is 5.82 Å². The minimum absolute atomic E-state index is 0.0569. The van der Waals surface area contributed by atoms with Crippen LogP contribution < -0.4 is 5.32 Å². The number of aromatic nitrogens is 1. The summed E-state index contributed by atoms with van der Waals surface area (Å²) in [6.07, 6.45) is 3.90. The molecule has 1 saturated heterocycles. The molecular weight excluding hydrogens is 405 g/mol. The molecule has 0 radical (unpaired) electrons. The summed E-state index contributed by atoms with van der Waals surface area (Å²) in [5.74, 6) is -0.0933. The Hall–Kier alpha value is -2.71. The van der Waals surface area contributed by atoms with Crippen LogP contribution in [-0.2, 0) is 14.8 Å². The van der Waals surface area contributed by atoms with Gasteiger partial charge < -0.3 is 10.2 Å². The van der Waals surface area contributed by atoms with Gasteiger partial charge in [-0.25, -0.2) is 16.8 Å². The lowest BCUT2D eigenvalue weighted by atomic mass is 9.93. The maximum atomic E-state index is 13.4. The second-order valence-electron chi connectivity index (χ2n) is 7.84. The van der Waals surface area contributed by atoms with Crippen molar-refractivity contribution in [3.05, 3.63) is 60.5 Å². The number of nitrogens with zero attached hydrogens (tertiary/aromatic N) is 2. The van der Waals surface area contributed by atoms with E-state index in [1.54, 1.807) is 18.2 Å². The molecule has 6 nitrogen and oxygen atoms in total. The summed E-state index contributed by atoms with van der Waals surface area (Å²) in [5.41, 5.74) is 0.971. The summed E-state index contributed by atoms with van der Waals surface area (Å²) in [4.78, 5) is 14.7. The molecule has 1 aliphatic heterocycles. The third kappa shape index (κ3) is 4.24. The molecule has 1 N–H and O–H groups in total. The van der Waals surface area contributed by atoms with E-state index in [9.17, 15) is 17.6 Å². The molecule has 1 aliphatic rings. The number of hydrogen-bond acceptors (Lipinski definition) is 4. The third-order valence-electron chi connectivity index (χ3n) is 5.62. The van der Waals surface area contributed by atoms with Crippen LogP contribution in [-0.4, -0.2) is 43.3 Å². The maximum absolute atomic E-state index is 13.4. The van der Waals surface area contributed by atoms with E-state index in [1.807, 2.05) is 0 Å². The Bertz CT molecular complexity index is 1160. The number of halogens is 1. The number of carbonyl (C=O) groups is 1. The van der Waals surface area contributed by atoms with Gasteiger partial charge in [-0.15, -0.1) is 0 Å². The minimum Gasteiger partial charge on any atom is -0.326 e. The van der Waals surface area contributed by atoms with E-state index in [2.05, 4.69) is 17.3 Å². The zero-order valence-corrected chi connectivity index (χ0v) is 17.5. The van der Waals surface area contributed by atoms with E-state index in [1.165, 1.54) is 36.5 Å². The van der Waals surface area contributed by atoms with E-state index in [0.29, 0.717) is 28.9 Å². The van der Waals surface area contributed by atoms with Gasteiger partial charge in [-0.1, -0.05) is 0 Å². The van der Waals surface area contributed by atoms with E-state index < -0.39 is 15.8 Å². The van der Waals surface area contributed by atoms with Gasteiger partial charge >= 0.3 is 0 Å². The zero-order chi connectivity index (χ0) is 21.3. The number of anilines is 1. The molecule has 0 saturated carbocycles. The fourth-order valence-electron chi connectivity index (χ4n) is 3.86. The van der Waals surface area contributed by atoms with Crippen LogP contribution in [0.25, 0.3) is 10.9 Å². The lowest BCUT2D eigenvalue weighted by molar-refractivity contribution is -0.117. The number of benzene rings is 2. The standard InChI is InChI=1S/C22H24FN3O3S/c1-25-11-8-16(9-12-25)14-22(27)24-19-3-5-20(6-4-19)30(28,29)26-13-10-17-15-18(23)2-7-21(17)26/h2-7,10,13,15-16H,8-9,11-12,14H2,1H3,(H,24,27). The maximum Gasteiger partial charge on any atom is 0.268 e. The van der Waals surface area contributed by atoms with Gasteiger partial charge in [0.25, 0.3) is 10.0 Å². The van der Waals surface area contributed by atoms with Crippen molar-refractivity contribution in [3.63, 3.8) is 0 Å². The summed E-state index contributed by atoms with van der Waals surface area (Å²) in [6, 6.07) is 11.6. The lowest BCUT2D eigenvalue weighted by Gasteiger charge is -2.28. The van der Waals surface area contributed by atoms with E-state index >= 15 is 0 Å². The Labute approximate surface area is 175 Å². The molecule has 1 aromatic heterocycles. The topological polar surface area (TPSA) is 71.4 Å². The van der Waals surface area contributed by atoms with Gasteiger partial charge in [-0.05, 0) is 87.4 Å². The molecule has 1 fully saturated rings. The van der Waals surface area contributed by atoms with Crippen molar-refractivity contribution >= 4 is 32.5 Å². The van der Waals surface area contributed by atoms with Crippen molar-refractivity contribution in [2.45, 2.75) is 24.2 Å². The smallest absolute Gasteiger partial charge is 0.268 e. The Balaban J connectivity index is 1.46. The molecule has 30 heavy (non-hydrogen) atoms. The molecule has 8 heteroatoms. The zero-order valence-electron chi connectivity index (χ0n) is 16.7. The second kappa shape index (κ2) is 8.20.